The molecule has 1 fully saturated rings. The fourth-order valence-electron chi connectivity index (χ4n) is 1.54. The van der Waals surface area contributed by atoms with Crippen molar-refractivity contribution in [3.8, 4) is 0 Å². The van der Waals surface area contributed by atoms with Gasteiger partial charge in [-0.25, -0.2) is 0 Å². The van der Waals surface area contributed by atoms with Gasteiger partial charge in [-0.15, -0.1) is 0 Å². The molecule has 2 nitrogen and oxygen atoms in total. The Morgan fingerprint density at radius 1 is 1.55 bits per heavy atom. The van der Waals surface area contributed by atoms with Crippen molar-refractivity contribution in [3.63, 3.8) is 0 Å². The number of methoxy groups -OCH3 is 1. The topological polar surface area (TPSA) is 21.3 Å². The number of ether oxygens (including phenoxy) is 1. The van der Waals surface area contributed by atoms with Gasteiger partial charge < -0.3 is 10.1 Å². The molecule has 0 heterocycles. The molecule has 66 valence electrons. The van der Waals surface area contributed by atoms with Crippen LogP contribution in [0.25, 0.3) is 0 Å². The van der Waals surface area contributed by atoms with Crippen LogP contribution in [0, 0.1) is 0 Å². The summed E-state index contributed by atoms with van der Waals surface area (Å²) in [6, 6.07) is 0. The van der Waals surface area contributed by atoms with Crippen molar-refractivity contribution in [3.05, 3.63) is 0 Å². The summed E-state index contributed by atoms with van der Waals surface area (Å²) < 4.78 is 5.34. The fourth-order valence-corrected chi connectivity index (χ4v) is 1.54. The van der Waals surface area contributed by atoms with Gasteiger partial charge in [-0.1, -0.05) is 6.92 Å². The minimum atomic E-state index is 0.441. The average Bonchev–Trinajstić information content (AvgIpc) is 2.81. The van der Waals surface area contributed by atoms with Gasteiger partial charge in [-0.3, -0.25) is 0 Å². The first-order chi connectivity index (χ1) is 5.26. The van der Waals surface area contributed by atoms with Crippen LogP contribution in [0.4, 0.5) is 0 Å². The van der Waals surface area contributed by atoms with Gasteiger partial charge >= 0.3 is 0 Å². The molecule has 0 aromatic carbocycles. The zero-order valence-corrected chi connectivity index (χ0v) is 7.81. The van der Waals surface area contributed by atoms with E-state index in [2.05, 4.69) is 19.3 Å². The number of hydrogen-bond acceptors (Lipinski definition) is 2. The fraction of sp³-hybridized carbons (Fsp3) is 1.00. The summed E-state index contributed by atoms with van der Waals surface area (Å²) in [6.07, 6.45) is 5.40. The summed E-state index contributed by atoms with van der Waals surface area (Å²) >= 11 is 0. The first-order valence-corrected chi connectivity index (χ1v) is 4.48. The van der Waals surface area contributed by atoms with Crippen LogP contribution < -0.4 is 5.32 Å². The first kappa shape index (κ1) is 9.01. The van der Waals surface area contributed by atoms with E-state index in [-0.39, 0.29) is 0 Å². The van der Waals surface area contributed by atoms with E-state index in [1.807, 2.05) is 0 Å². The number of rotatable bonds is 5. The van der Waals surface area contributed by atoms with E-state index < -0.39 is 0 Å². The smallest absolute Gasteiger partial charge is 0.0586 e. The van der Waals surface area contributed by atoms with Crippen molar-refractivity contribution in [2.24, 2.45) is 0 Å². The SMILES string of the molecule is CCC(CC1(NC)CC1)OC. The zero-order chi connectivity index (χ0) is 8.32. The van der Waals surface area contributed by atoms with Crippen molar-refractivity contribution in [1.29, 1.82) is 0 Å². The van der Waals surface area contributed by atoms with Crippen LogP contribution >= 0.6 is 0 Å². The van der Waals surface area contributed by atoms with Gasteiger partial charge in [-0.05, 0) is 32.7 Å². The third kappa shape index (κ3) is 2.17. The van der Waals surface area contributed by atoms with Crippen molar-refractivity contribution >= 4 is 0 Å². The Labute approximate surface area is 69.3 Å². The molecule has 0 aromatic rings. The molecule has 0 bridgehead atoms. The molecule has 0 spiro atoms. The molecule has 1 aliphatic carbocycles. The minimum Gasteiger partial charge on any atom is -0.381 e. The van der Waals surface area contributed by atoms with E-state index in [9.17, 15) is 0 Å². The largest absolute Gasteiger partial charge is 0.381 e. The normalized spacial score (nSPS) is 23.2. The highest BCUT2D eigenvalue weighted by atomic mass is 16.5. The standard InChI is InChI=1S/C9H19NO/c1-4-8(11-3)7-9(10-2)5-6-9/h8,10H,4-7H2,1-3H3. The first-order valence-electron chi connectivity index (χ1n) is 4.48. The quantitative estimate of drug-likeness (QED) is 0.654. The van der Waals surface area contributed by atoms with Crippen LogP contribution in [-0.2, 0) is 4.74 Å². The molecule has 1 unspecified atom stereocenters. The Morgan fingerprint density at radius 3 is 2.45 bits per heavy atom. The van der Waals surface area contributed by atoms with Crippen molar-refractivity contribution < 1.29 is 4.74 Å². The second-order valence-electron chi connectivity index (χ2n) is 3.50. The summed E-state index contributed by atoms with van der Waals surface area (Å²) in [7, 11) is 3.86. The Morgan fingerprint density at radius 2 is 2.18 bits per heavy atom. The van der Waals surface area contributed by atoms with E-state index in [0.717, 1.165) is 6.42 Å². The third-order valence-electron chi connectivity index (χ3n) is 2.79. The van der Waals surface area contributed by atoms with Crippen LogP contribution in [0.15, 0.2) is 0 Å². The molecule has 0 aromatic heterocycles. The van der Waals surface area contributed by atoms with Gasteiger partial charge in [0.1, 0.15) is 0 Å². The van der Waals surface area contributed by atoms with Gasteiger partial charge in [0.05, 0.1) is 6.10 Å². The monoisotopic (exact) mass is 157 g/mol. The maximum Gasteiger partial charge on any atom is 0.0586 e. The molecule has 1 saturated carbocycles. The summed E-state index contributed by atoms with van der Waals surface area (Å²) in [5.41, 5.74) is 0.441. The highest BCUT2D eigenvalue weighted by molar-refractivity contribution is 5.02. The lowest BCUT2D eigenvalue weighted by Gasteiger charge is -2.20. The van der Waals surface area contributed by atoms with Crippen LogP contribution in [0.2, 0.25) is 0 Å². The molecule has 0 saturated heterocycles. The maximum absolute atomic E-state index is 5.34. The maximum atomic E-state index is 5.34. The lowest BCUT2D eigenvalue weighted by atomic mass is 10.1. The van der Waals surface area contributed by atoms with E-state index in [0.29, 0.717) is 11.6 Å². The summed E-state index contributed by atoms with van der Waals surface area (Å²) in [6.45, 7) is 2.18. The van der Waals surface area contributed by atoms with Crippen LogP contribution in [0.1, 0.15) is 32.6 Å². The van der Waals surface area contributed by atoms with Crippen molar-refractivity contribution in [2.45, 2.75) is 44.2 Å². The Bertz CT molecular complexity index is 117. The average molecular weight is 157 g/mol. The minimum absolute atomic E-state index is 0.441. The van der Waals surface area contributed by atoms with E-state index in [1.54, 1.807) is 7.11 Å². The third-order valence-corrected chi connectivity index (χ3v) is 2.79. The second-order valence-corrected chi connectivity index (χ2v) is 3.50. The predicted octanol–water partition coefficient (Wildman–Crippen LogP) is 1.55. The summed E-state index contributed by atoms with van der Waals surface area (Å²) in [5.74, 6) is 0. The van der Waals surface area contributed by atoms with E-state index >= 15 is 0 Å². The van der Waals surface area contributed by atoms with Gasteiger partial charge in [0.25, 0.3) is 0 Å². The lowest BCUT2D eigenvalue weighted by Crippen LogP contribution is -2.32. The Balaban J connectivity index is 2.27. The molecule has 2 heteroatoms. The van der Waals surface area contributed by atoms with Crippen molar-refractivity contribution in [2.75, 3.05) is 14.2 Å². The number of nitrogens with one attached hydrogen (secondary N) is 1. The predicted molar refractivity (Wildman–Crippen MR) is 46.7 cm³/mol. The molecular weight excluding hydrogens is 138 g/mol. The molecule has 1 atom stereocenters. The molecule has 0 amide bonds. The summed E-state index contributed by atoms with van der Waals surface area (Å²) in [4.78, 5) is 0. The van der Waals surface area contributed by atoms with Crippen LogP contribution in [0.5, 0.6) is 0 Å². The molecule has 11 heavy (non-hydrogen) atoms. The van der Waals surface area contributed by atoms with E-state index in [4.69, 9.17) is 4.74 Å². The molecule has 1 aliphatic rings. The van der Waals surface area contributed by atoms with Gasteiger partial charge in [-0.2, -0.15) is 0 Å². The highest BCUT2D eigenvalue weighted by Crippen LogP contribution is 2.39. The van der Waals surface area contributed by atoms with E-state index in [1.165, 1.54) is 19.3 Å². The highest BCUT2D eigenvalue weighted by Gasteiger charge is 2.42. The second kappa shape index (κ2) is 3.55. The van der Waals surface area contributed by atoms with Crippen LogP contribution in [-0.4, -0.2) is 25.8 Å². The van der Waals surface area contributed by atoms with Gasteiger partial charge in [0.15, 0.2) is 0 Å². The molecule has 1 rings (SSSR count). The lowest BCUT2D eigenvalue weighted by molar-refractivity contribution is 0.0802. The van der Waals surface area contributed by atoms with Gasteiger partial charge in [0.2, 0.25) is 0 Å². The van der Waals surface area contributed by atoms with Crippen LogP contribution in [0.3, 0.4) is 0 Å². The van der Waals surface area contributed by atoms with Crippen molar-refractivity contribution in [1.82, 2.24) is 5.32 Å². The molecule has 0 aliphatic heterocycles. The Kier molecular flexibility index (Phi) is 2.90. The molecule has 1 N–H and O–H groups in total. The molecule has 0 radical (unpaired) electrons. The zero-order valence-electron chi connectivity index (χ0n) is 7.81. The number of hydrogen-bond donors (Lipinski definition) is 1. The summed E-state index contributed by atoms with van der Waals surface area (Å²) in [5, 5.41) is 3.37. The Hall–Kier alpha value is -0.0800. The molecular formula is C9H19NO. The van der Waals surface area contributed by atoms with Gasteiger partial charge in [0, 0.05) is 12.6 Å².